The molecule has 0 spiro atoms. The lowest BCUT2D eigenvalue weighted by Gasteiger charge is -2.25. The van der Waals surface area contributed by atoms with Gasteiger partial charge in [-0.2, -0.15) is 0 Å². The Bertz CT molecular complexity index is 291. The van der Waals surface area contributed by atoms with Gasteiger partial charge >= 0.3 is 0 Å². The molecule has 90 valence electrons. The van der Waals surface area contributed by atoms with E-state index in [2.05, 4.69) is 24.1 Å². The van der Waals surface area contributed by atoms with E-state index >= 15 is 0 Å². The van der Waals surface area contributed by atoms with Gasteiger partial charge in [-0.05, 0) is 45.8 Å². The molecule has 0 radical (unpaired) electrons. The van der Waals surface area contributed by atoms with Crippen molar-refractivity contribution < 1.29 is 4.42 Å². The molecule has 2 atom stereocenters. The van der Waals surface area contributed by atoms with Gasteiger partial charge in [0.25, 0.3) is 0 Å². The van der Waals surface area contributed by atoms with E-state index in [1.54, 1.807) is 6.26 Å². The van der Waals surface area contributed by atoms with Crippen LogP contribution < -0.4 is 5.32 Å². The van der Waals surface area contributed by atoms with Gasteiger partial charge in [-0.25, -0.2) is 0 Å². The lowest BCUT2D eigenvalue weighted by molar-refractivity contribution is 0.247. The third-order valence-electron chi connectivity index (χ3n) is 3.53. The molecule has 2 heterocycles. The molecule has 1 aliphatic heterocycles. The van der Waals surface area contributed by atoms with Crippen LogP contribution in [-0.4, -0.2) is 30.6 Å². The van der Waals surface area contributed by atoms with Gasteiger partial charge in [-0.3, -0.25) is 4.90 Å². The number of nitrogens with one attached hydrogen (secondary N) is 1. The lowest BCUT2D eigenvalue weighted by Crippen LogP contribution is -2.39. The first kappa shape index (κ1) is 11.7. The highest BCUT2D eigenvalue weighted by Crippen LogP contribution is 2.14. The van der Waals surface area contributed by atoms with E-state index in [1.165, 1.54) is 31.5 Å². The number of rotatable bonds is 5. The van der Waals surface area contributed by atoms with Crippen molar-refractivity contribution in [1.82, 2.24) is 10.2 Å². The molecule has 1 aliphatic rings. The zero-order valence-corrected chi connectivity index (χ0v) is 10.3. The average Bonchev–Trinajstić information content (AvgIpc) is 2.95. The average molecular weight is 222 g/mol. The predicted octanol–water partition coefficient (Wildman–Crippen LogP) is 2.41. The Labute approximate surface area is 97.8 Å². The second kappa shape index (κ2) is 5.51. The van der Waals surface area contributed by atoms with Gasteiger partial charge in [0.2, 0.25) is 0 Å². The molecular weight excluding hydrogens is 200 g/mol. The number of furan rings is 1. The van der Waals surface area contributed by atoms with Crippen LogP contribution >= 0.6 is 0 Å². The van der Waals surface area contributed by atoms with Gasteiger partial charge in [0.1, 0.15) is 0 Å². The Morgan fingerprint density at radius 3 is 2.75 bits per heavy atom. The second-order valence-electron chi connectivity index (χ2n) is 4.78. The van der Waals surface area contributed by atoms with Crippen LogP contribution in [0.25, 0.3) is 0 Å². The number of likely N-dealkylation sites (tertiary alicyclic amines) is 1. The van der Waals surface area contributed by atoms with Gasteiger partial charge in [0.15, 0.2) is 0 Å². The van der Waals surface area contributed by atoms with Crippen molar-refractivity contribution in [2.24, 2.45) is 0 Å². The molecule has 0 aliphatic carbocycles. The summed E-state index contributed by atoms with van der Waals surface area (Å²) in [5.41, 5.74) is 1.23. The summed E-state index contributed by atoms with van der Waals surface area (Å²) in [6, 6.07) is 3.04. The maximum Gasteiger partial charge on any atom is 0.0950 e. The molecule has 0 amide bonds. The Hall–Kier alpha value is -0.800. The molecule has 1 N–H and O–H groups in total. The van der Waals surface area contributed by atoms with Crippen LogP contribution in [-0.2, 0) is 0 Å². The first-order chi connectivity index (χ1) is 7.77. The maximum absolute atomic E-state index is 5.09. The normalized spacial score (nSPS) is 21.1. The van der Waals surface area contributed by atoms with Crippen molar-refractivity contribution in [3.63, 3.8) is 0 Å². The largest absolute Gasteiger partial charge is 0.472 e. The summed E-state index contributed by atoms with van der Waals surface area (Å²) in [4.78, 5) is 2.56. The van der Waals surface area contributed by atoms with E-state index in [4.69, 9.17) is 4.42 Å². The standard InChI is InChI=1S/C13H22N2O/c1-11(15-6-3-4-7-15)9-14-12(2)13-5-8-16-10-13/h5,8,10-12,14H,3-4,6-7,9H2,1-2H3. The van der Waals surface area contributed by atoms with Crippen molar-refractivity contribution in [3.05, 3.63) is 24.2 Å². The summed E-state index contributed by atoms with van der Waals surface area (Å²) in [5.74, 6) is 0. The molecule has 1 aromatic heterocycles. The molecule has 0 saturated carbocycles. The topological polar surface area (TPSA) is 28.4 Å². The predicted molar refractivity (Wildman–Crippen MR) is 65.4 cm³/mol. The Morgan fingerprint density at radius 2 is 2.12 bits per heavy atom. The minimum Gasteiger partial charge on any atom is -0.472 e. The SMILES string of the molecule is CC(NCC(C)N1CCCC1)c1ccoc1. The number of hydrogen-bond acceptors (Lipinski definition) is 3. The minimum absolute atomic E-state index is 0.379. The highest BCUT2D eigenvalue weighted by molar-refractivity contribution is 5.10. The van der Waals surface area contributed by atoms with E-state index in [0.29, 0.717) is 12.1 Å². The number of nitrogens with zero attached hydrogens (tertiary/aromatic N) is 1. The molecule has 2 unspecified atom stereocenters. The quantitative estimate of drug-likeness (QED) is 0.829. The summed E-state index contributed by atoms with van der Waals surface area (Å²) >= 11 is 0. The first-order valence-electron chi connectivity index (χ1n) is 6.27. The van der Waals surface area contributed by atoms with Gasteiger partial charge in [-0.15, -0.1) is 0 Å². The van der Waals surface area contributed by atoms with Crippen LogP contribution in [0.1, 0.15) is 38.3 Å². The summed E-state index contributed by atoms with van der Waals surface area (Å²) in [7, 11) is 0. The molecule has 0 bridgehead atoms. The van der Waals surface area contributed by atoms with E-state index in [1.807, 2.05) is 12.3 Å². The fourth-order valence-electron chi connectivity index (χ4n) is 2.30. The van der Waals surface area contributed by atoms with Gasteiger partial charge < -0.3 is 9.73 Å². The molecular formula is C13H22N2O. The van der Waals surface area contributed by atoms with Crippen LogP contribution in [0.3, 0.4) is 0 Å². The van der Waals surface area contributed by atoms with Crippen LogP contribution in [0.5, 0.6) is 0 Å². The van der Waals surface area contributed by atoms with Crippen molar-refractivity contribution in [2.45, 2.75) is 38.8 Å². The molecule has 1 fully saturated rings. The van der Waals surface area contributed by atoms with Crippen molar-refractivity contribution in [1.29, 1.82) is 0 Å². The lowest BCUT2D eigenvalue weighted by atomic mass is 10.1. The fourth-order valence-corrected chi connectivity index (χ4v) is 2.30. The first-order valence-corrected chi connectivity index (χ1v) is 6.27. The number of hydrogen-bond donors (Lipinski definition) is 1. The molecule has 2 rings (SSSR count). The highest BCUT2D eigenvalue weighted by Gasteiger charge is 2.18. The third kappa shape index (κ3) is 2.86. The zero-order chi connectivity index (χ0) is 11.4. The van der Waals surface area contributed by atoms with Crippen LogP contribution in [0.4, 0.5) is 0 Å². The molecule has 0 aromatic carbocycles. The van der Waals surface area contributed by atoms with Crippen LogP contribution in [0, 0.1) is 0 Å². The summed E-state index contributed by atoms with van der Waals surface area (Å²) in [6.45, 7) is 8.07. The van der Waals surface area contributed by atoms with Crippen molar-refractivity contribution >= 4 is 0 Å². The Kier molecular flexibility index (Phi) is 4.02. The summed E-state index contributed by atoms with van der Waals surface area (Å²) < 4.78 is 5.09. The summed E-state index contributed by atoms with van der Waals surface area (Å²) in [6.07, 6.45) is 6.28. The fraction of sp³-hybridized carbons (Fsp3) is 0.692. The van der Waals surface area contributed by atoms with Crippen LogP contribution in [0.15, 0.2) is 23.0 Å². The van der Waals surface area contributed by atoms with Crippen molar-refractivity contribution in [2.75, 3.05) is 19.6 Å². The van der Waals surface area contributed by atoms with Gasteiger partial charge in [0, 0.05) is 24.2 Å². The van der Waals surface area contributed by atoms with Gasteiger partial charge in [-0.1, -0.05) is 0 Å². The maximum atomic E-state index is 5.09. The van der Waals surface area contributed by atoms with Crippen molar-refractivity contribution in [3.8, 4) is 0 Å². The Balaban J connectivity index is 1.74. The van der Waals surface area contributed by atoms with E-state index in [0.717, 1.165) is 6.54 Å². The molecule has 1 aromatic rings. The van der Waals surface area contributed by atoms with Gasteiger partial charge in [0.05, 0.1) is 12.5 Å². The molecule has 3 heteroatoms. The van der Waals surface area contributed by atoms with Crippen LogP contribution in [0.2, 0.25) is 0 Å². The highest BCUT2D eigenvalue weighted by atomic mass is 16.3. The zero-order valence-electron chi connectivity index (χ0n) is 10.3. The molecule has 3 nitrogen and oxygen atoms in total. The van der Waals surface area contributed by atoms with E-state index in [-0.39, 0.29) is 0 Å². The van der Waals surface area contributed by atoms with E-state index in [9.17, 15) is 0 Å². The van der Waals surface area contributed by atoms with E-state index < -0.39 is 0 Å². The minimum atomic E-state index is 0.379. The third-order valence-corrected chi connectivity index (χ3v) is 3.53. The monoisotopic (exact) mass is 222 g/mol. The molecule has 16 heavy (non-hydrogen) atoms. The second-order valence-corrected chi connectivity index (χ2v) is 4.78. The Morgan fingerprint density at radius 1 is 1.38 bits per heavy atom. The summed E-state index contributed by atoms with van der Waals surface area (Å²) in [5, 5.41) is 3.56. The smallest absolute Gasteiger partial charge is 0.0950 e. The molecule has 1 saturated heterocycles.